The first-order chi connectivity index (χ1) is 17.9. The van der Waals surface area contributed by atoms with Crippen LogP contribution in [-0.2, 0) is 20.8 Å². The van der Waals surface area contributed by atoms with E-state index < -0.39 is 33.4 Å². The van der Waals surface area contributed by atoms with Gasteiger partial charge in [-0.05, 0) is 44.7 Å². The third-order valence-corrected chi connectivity index (χ3v) is 8.54. The van der Waals surface area contributed by atoms with E-state index in [1.807, 2.05) is 0 Å². The maximum Gasteiger partial charge on any atom is 0.419 e. The monoisotopic (exact) mass is 554 g/mol. The second-order valence-electron chi connectivity index (χ2n) is 9.65. The van der Waals surface area contributed by atoms with Crippen molar-refractivity contribution in [2.75, 3.05) is 30.0 Å². The zero-order chi connectivity index (χ0) is 27.2. The van der Waals surface area contributed by atoms with Crippen LogP contribution in [0.15, 0.2) is 24.3 Å². The Labute approximate surface area is 216 Å². The molecule has 4 heterocycles. The van der Waals surface area contributed by atoms with Crippen LogP contribution in [0.2, 0.25) is 0 Å². The summed E-state index contributed by atoms with van der Waals surface area (Å²) in [6.45, 7) is 4.00. The number of halogens is 4. The molecule has 13 heteroatoms. The van der Waals surface area contributed by atoms with Gasteiger partial charge >= 0.3 is 6.18 Å². The molecule has 204 valence electrons. The summed E-state index contributed by atoms with van der Waals surface area (Å²) < 4.78 is 89.9. The molecule has 5 rings (SSSR count). The van der Waals surface area contributed by atoms with Crippen molar-refractivity contribution in [3.8, 4) is 5.88 Å². The molecule has 3 aromatic rings. The van der Waals surface area contributed by atoms with Gasteiger partial charge in [0.05, 0.1) is 41.7 Å². The highest BCUT2D eigenvalue weighted by Gasteiger charge is 2.36. The predicted molar refractivity (Wildman–Crippen MR) is 131 cm³/mol. The summed E-state index contributed by atoms with van der Waals surface area (Å²) >= 11 is 0. The number of nitrogens with zero attached hydrogens (tertiary/aromatic N) is 3. The van der Waals surface area contributed by atoms with E-state index in [1.165, 1.54) is 13.0 Å². The molecule has 0 radical (unpaired) electrons. The van der Waals surface area contributed by atoms with Crippen LogP contribution in [0, 0.1) is 12.7 Å². The maximum atomic E-state index is 14.8. The number of alkyl halides is 3. The summed E-state index contributed by atoms with van der Waals surface area (Å²) in [7, 11) is -3.11. The van der Waals surface area contributed by atoms with Crippen LogP contribution in [0.3, 0.4) is 0 Å². The Morgan fingerprint density at radius 1 is 1.13 bits per heavy atom. The Morgan fingerprint density at radius 3 is 2.47 bits per heavy atom. The number of aryl methyl sites for hydroxylation is 1. The number of nitrogens with one attached hydrogen (secondary N) is 1. The van der Waals surface area contributed by atoms with Crippen LogP contribution in [0.1, 0.15) is 54.2 Å². The van der Waals surface area contributed by atoms with Gasteiger partial charge in [0, 0.05) is 11.1 Å². The van der Waals surface area contributed by atoms with Crippen molar-refractivity contribution in [1.29, 1.82) is 0 Å². The lowest BCUT2D eigenvalue weighted by atomic mass is 9.93. The summed E-state index contributed by atoms with van der Waals surface area (Å²) in [5.41, 5.74) is -0.517. The fourth-order valence-electron chi connectivity index (χ4n) is 4.69. The molecule has 1 aromatic carbocycles. The van der Waals surface area contributed by atoms with Crippen molar-refractivity contribution < 1.29 is 35.5 Å². The van der Waals surface area contributed by atoms with E-state index in [2.05, 4.69) is 20.3 Å². The highest BCUT2D eigenvalue weighted by atomic mass is 32.2. The lowest BCUT2D eigenvalue weighted by Crippen LogP contribution is -2.39. The molecule has 0 saturated carbocycles. The Kier molecular flexibility index (Phi) is 6.93. The van der Waals surface area contributed by atoms with Crippen LogP contribution in [0.25, 0.3) is 11.0 Å². The van der Waals surface area contributed by atoms with E-state index in [-0.39, 0.29) is 34.9 Å². The lowest BCUT2D eigenvalue weighted by Gasteiger charge is -2.29. The molecule has 0 amide bonds. The number of anilines is 1. The second-order valence-corrected chi connectivity index (χ2v) is 12.0. The number of rotatable bonds is 6. The Balaban J connectivity index is 1.55. The smallest absolute Gasteiger partial charge is 0.419 e. The van der Waals surface area contributed by atoms with E-state index >= 15 is 0 Å². The molecule has 38 heavy (non-hydrogen) atoms. The van der Waals surface area contributed by atoms with E-state index in [0.717, 1.165) is 6.07 Å². The first kappa shape index (κ1) is 26.5. The van der Waals surface area contributed by atoms with E-state index in [9.17, 15) is 26.0 Å². The van der Waals surface area contributed by atoms with E-state index in [4.69, 9.17) is 9.47 Å². The Bertz CT molecular complexity index is 1460. The number of fused-ring (bicyclic) bond motifs is 1. The van der Waals surface area contributed by atoms with E-state index in [0.29, 0.717) is 60.4 Å². The van der Waals surface area contributed by atoms with Gasteiger partial charge < -0.3 is 14.8 Å². The fourth-order valence-corrected chi connectivity index (χ4v) is 6.18. The molecule has 0 spiro atoms. The number of hydrogen-bond donors (Lipinski definition) is 1. The van der Waals surface area contributed by atoms with Gasteiger partial charge in [-0.15, -0.1) is 0 Å². The number of hydrogen-bond acceptors (Lipinski definition) is 8. The highest BCUT2D eigenvalue weighted by molar-refractivity contribution is 7.91. The highest BCUT2D eigenvalue weighted by Crippen LogP contribution is 2.39. The molecular weight excluding hydrogens is 528 g/mol. The minimum Gasteiger partial charge on any atom is -0.469 e. The van der Waals surface area contributed by atoms with Gasteiger partial charge in [-0.1, -0.05) is 12.1 Å². The number of aromatic nitrogens is 3. The largest absolute Gasteiger partial charge is 0.469 e. The standard InChI is InChI=1S/C25H26F4N4O4S/c1-13(17-4-3-5-20(21(17)26)25(27,28)29)30-22-19-10-18(15-6-8-38(34,35)9-7-15)24(37-16-11-36-12-16)33-23(19)32-14(2)31-22/h3-5,10,13,15-16H,6-9,11-12H2,1-2H3,(H,30,31,32,33)/t13-/m1/s1. The van der Waals surface area contributed by atoms with Gasteiger partial charge in [0.15, 0.2) is 5.65 Å². The third-order valence-electron chi connectivity index (χ3n) is 6.83. The number of ether oxygens (including phenoxy) is 2. The topological polar surface area (TPSA) is 103 Å². The number of sulfone groups is 1. The molecular formula is C25H26F4N4O4S. The molecule has 0 bridgehead atoms. The van der Waals surface area contributed by atoms with Crippen LogP contribution in [0.4, 0.5) is 23.4 Å². The molecule has 1 atom stereocenters. The molecule has 2 aliphatic rings. The molecule has 0 aliphatic carbocycles. The Morgan fingerprint density at radius 2 is 1.84 bits per heavy atom. The number of benzene rings is 1. The summed E-state index contributed by atoms with van der Waals surface area (Å²) in [6.07, 6.45) is -4.22. The summed E-state index contributed by atoms with van der Waals surface area (Å²) in [5.74, 6) is -0.441. The molecule has 2 fully saturated rings. The first-order valence-corrected chi connectivity index (χ1v) is 14.0. The van der Waals surface area contributed by atoms with Crippen molar-refractivity contribution >= 4 is 26.7 Å². The zero-order valence-electron chi connectivity index (χ0n) is 20.7. The minimum atomic E-state index is -4.83. The lowest BCUT2D eigenvalue weighted by molar-refractivity contribution is -0.140. The van der Waals surface area contributed by atoms with Gasteiger partial charge in [0.2, 0.25) is 5.88 Å². The average molecular weight is 555 g/mol. The predicted octanol–water partition coefficient (Wildman–Crippen LogP) is 4.73. The third kappa shape index (κ3) is 5.39. The molecule has 8 nitrogen and oxygen atoms in total. The summed E-state index contributed by atoms with van der Waals surface area (Å²) in [4.78, 5) is 13.5. The quantitative estimate of drug-likeness (QED) is 0.436. The molecule has 2 aromatic heterocycles. The second kappa shape index (κ2) is 9.92. The normalized spacial score (nSPS) is 19.2. The average Bonchev–Trinajstić information content (AvgIpc) is 2.80. The fraction of sp³-hybridized carbons (Fsp3) is 0.480. The molecule has 1 N–H and O–H groups in total. The van der Waals surface area contributed by atoms with Crippen molar-refractivity contribution in [3.63, 3.8) is 0 Å². The SMILES string of the molecule is Cc1nc(N[C@H](C)c2cccc(C(F)(F)F)c2F)c2cc(C3CCS(=O)(=O)CC3)c(OC3COC3)nc2n1. The van der Waals surface area contributed by atoms with Gasteiger partial charge in [-0.2, -0.15) is 18.2 Å². The van der Waals surface area contributed by atoms with Gasteiger partial charge in [-0.3, -0.25) is 0 Å². The summed E-state index contributed by atoms with van der Waals surface area (Å²) in [5, 5.41) is 3.50. The molecule has 0 unspecified atom stereocenters. The maximum absolute atomic E-state index is 14.8. The molecule has 2 saturated heterocycles. The Hall–Kier alpha value is -3.06. The van der Waals surface area contributed by atoms with Crippen molar-refractivity contribution in [1.82, 2.24) is 15.0 Å². The van der Waals surface area contributed by atoms with Gasteiger partial charge in [0.25, 0.3) is 0 Å². The first-order valence-electron chi connectivity index (χ1n) is 12.2. The molecule has 2 aliphatic heterocycles. The minimum absolute atomic E-state index is 0.0447. The van der Waals surface area contributed by atoms with Crippen LogP contribution in [0.5, 0.6) is 5.88 Å². The van der Waals surface area contributed by atoms with Crippen molar-refractivity contribution in [2.24, 2.45) is 0 Å². The summed E-state index contributed by atoms with van der Waals surface area (Å²) in [6, 6.07) is 4.06. The van der Waals surface area contributed by atoms with Gasteiger partial charge in [-0.25, -0.2) is 22.8 Å². The zero-order valence-corrected chi connectivity index (χ0v) is 21.5. The van der Waals surface area contributed by atoms with Crippen LogP contribution < -0.4 is 10.1 Å². The van der Waals surface area contributed by atoms with Crippen molar-refractivity contribution in [3.05, 3.63) is 52.6 Å². The van der Waals surface area contributed by atoms with Crippen LogP contribution in [-0.4, -0.2) is 54.2 Å². The van der Waals surface area contributed by atoms with Crippen molar-refractivity contribution in [2.45, 2.75) is 50.9 Å². The number of pyridine rings is 1. The van der Waals surface area contributed by atoms with Gasteiger partial charge in [0.1, 0.15) is 33.4 Å². The van der Waals surface area contributed by atoms with Crippen LogP contribution >= 0.6 is 0 Å². The van der Waals surface area contributed by atoms with E-state index in [1.54, 1.807) is 13.0 Å².